The summed E-state index contributed by atoms with van der Waals surface area (Å²) in [4.78, 5) is 18.7. The van der Waals surface area contributed by atoms with E-state index in [0.717, 1.165) is 48.9 Å². The van der Waals surface area contributed by atoms with Crippen molar-refractivity contribution < 1.29 is 4.79 Å². The lowest BCUT2D eigenvalue weighted by atomic mass is 10.1. The first kappa shape index (κ1) is 20.0. The van der Waals surface area contributed by atoms with Gasteiger partial charge in [0.2, 0.25) is 0 Å². The Balaban J connectivity index is 0.00000225. The lowest BCUT2D eigenvalue weighted by Crippen LogP contribution is -2.38. The molecule has 6 heteroatoms. The molecule has 138 valence electrons. The number of aliphatic imine (C=N–C) groups is 1. The quantitative estimate of drug-likeness (QED) is 0.416. The maximum Gasteiger partial charge on any atom is 0.253 e. The number of benzene rings is 1. The van der Waals surface area contributed by atoms with Crippen LogP contribution < -0.4 is 10.6 Å². The van der Waals surface area contributed by atoms with Gasteiger partial charge in [-0.25, -0.2) is 0 Å². The molecular formula is C19H29IN4O. The SMILES string of the molecule is CN=C(NCc1ccc(C(=O)N2CCCCC2)cc1)NC1CC1C.I. The van der Waals surface area contributed by atoms with Gasteiger partial charge in [0, 0.05) is 38.3 Å². The third kappa shape index (κ3) is 5.59. The number of carbonyl (C=O) groups excluding carboxylic acids is 1. The maximum atomic E-state index is 12.5. The summed E-state index contributed by atoms with van der Waals surface area (Å²) in [6.07, 6.45) is 4.70. The molecule has 1 aliphatic carbocycles. The van der Waals surface area contributed by atoms with Crippen LogP contribution in [0.1, 0.15) is 48.5 Å². The van der Waals surface area contributed by atoms with E-state index < -0.39 is 0 Å². The van der Waals surface area contributed by atoms with Gasteiger partial charge in [0.05, 0.1) is 0 Å². The largest absolute Gasteiger partial charge is 0.353 e. The zero-order valence-corrected chi connectivity index (χ0v) is 17.5. The molecule has 1 aliphatic heterocycles. The Kier molecular flexibility index (Phi) is 7.53. The van der Waals surface area contributed by atoms with Crippen molar-refractivity contribution in [1.82, 2.24) is 15.5 Å². The molecule has 1 aromatic carbocycles. The minimum atomic E-state index is 0. The van der Waals surface area contributed by atoms with Gasteiger partial charge >= 0.3 is 0 Å². The van der Waals surface area contributed by atoms with Crippen molar-refractivity contribution in [3.63, 3.8) is 0 Å². The Morgan fingerprint density at radius 1 is 1.20 bits per heavy atom. The molecule has 2 N–H and O–H groups in total. The molecule has 2 unspecified atom stereocenters. The molecule has 2 aliphatic rings. The summed E-state index contributed by atoms with van der Waals surface area (Å²) >= 11 is 0. The van der Waals surface area contributed by atoms with E-state index in [0.29, 0.717) is 12.6 Å². The van der Waals surface area contributed by atoms with E-state index in [4.69, 9.17) is 0 Å². The normalized spacial score (nSPS) is 22.8. The number of halogens is 1. The van der Waals surface area contributed by atoms with E-state index >= 15 is 0 Å². The highest BCUT2D eigenvalue weighted by Crippen LogP contribution is 2.28. The fourth-order valence-corrected chi connectivity index (χ4v) is 3.12. The van der Waals surface area contributed by atoms with Gasteiger partial charge in [-0.15, -0.1) is 24.0 Å². The van der Waals surface area contributed by atoms with Gasteiger partial charge in [0.1, 0.15) is 0 Å². The second-order valence-electron chi connectivity index (χ2n) is 6.94. The first-order valence-electron chi connectivity index (χ1n) is 9.03. The molecule has 0 aromatic heterocycles. The van der Waals surface area contributed by atoms with Gasteiger partial charge in [-0.2, -0.15) is 0 Å². The van der Waals surface area contributed by atoms with Gasteiger partial charge in [0.15, 0.2) is 5.96 Å². The van der Waals surface area contributed by atoms with Crippen molar-refractivity contribution in [3.8, 4) is 0 Å². The summed E-state index contributed by atoms with van der Waals surface area (Å²) in [5.41, 5.74) is 1.94. The van der Waals surface area contributed by atoms with Crippen molar-refractivity contribution in [2.24, 2.45) is 10.9 Å². The zero-order chi connectivity index (χ0) is 16.9. The molecule has 2 fully saturated rings. The van der Waals surface area contributed by atoms with Crippen molar-refractivity contribution in [2.45, 2.75) is 45.2 Å². The van der Waals surface area contributed by atoms with Crippen LogP contribution >= 0.6 is 24.0 Å². The summed E-state index contributed by atoms with van der Waals surface area (Å²) in [5.74, 6) is 1.75. The first-order chi connectivity index (χ1) is 11.7. The van der Waals surface area contributed by atoms with E-state index in [1.165, 1.54) is 12.8 Å². The van der Waals surface area contributed by atoms with Crippen LogP contribution in [0.2, 0.25) is 0 Å². The van der Waals surface area contributed by atoms with Crippen LogP contribution in [0.25, 0.3) is 0 Å². The van der Waals surface area contributed by atoms with Gasteiger partial charge in [0.25, 0.3) is 5.91 Å². The van der Waals surface area contributed by atoms with E-state index in [-0.39, 0.29) is 29.9 Å². The summed E-state index contributed by atoms with van der Waals surface area (Å²) in [6, 6.07) is 8.48. The minimum absolute atomic E-state index is 0. The van der Waals surface area contributed by atoms with Crippen LogP contribution in [0, 0.1) is 5.92 Å². The first-order valence-corrected chi connectivity index (χ1v) is 9.03. The number of nitrogens with zero attached hydrogens (tertiary/aromatic N) is 2. The molecule has 0 bridgehead atoms. The molecule has 1 saturated carbocycles. The topological polar surface area (TPSA) is 56.7 Å². The Hall–Kier alpha value is -1.31. The minimum Gasteiger partial charge on any atom is -0.353 e. The molecule has 1 aromatic rings. The highest BCUT2D eigenvalue weighted by atomic mass is 127. The van der Waals surface area contributed by atoms with Gasteiger partial charge in [-0.1, -0.05) is 19.1 Å². The summed E-state index contributed by atoms with van der Waals surface area (Å²) in [5, 5.41) is 6.74. The van der Waals surface area contributed by atoms with Crippen LogP contribution in [0.15, 0.2) is 29.3 Å². The molecule has 0 radical (unpaired) electrons. The van der Waals surface area contributed by atoms with Gasteiger partial charge < -0.3 is 15.5 Å². The van der Waals surface area contributed by atoms with Crippen molar-refractivity contribution in [2.75, 3.05) is 20.1 Å². The number of hydrogen-bond acceptors (Lipinski definition) is 2. The van der Waals surface area contributed by atoms with Crippen LogP contribution in [-0.2, 0) is 6.54 Å². The maximum absolute atomic E-state index is 12.5. The third-order valence-corrected chi connectivity index (χ3v) is 4.96. The predicted octanol–water partition coefficient (Wildman–Crippen LogP) is 3.00. The van der Waals surface area contributed by atoms with Crippen molar-refractivity contribution >= 4 is 35.8 Å². The Bertz CT molecular complexity index is 596. The smallest absolute Gasteiger partial charge is 0.253 e. The second kappa shape index (κ2) is 9.40. The average Bonchev–Trinajstić information content (AvgIpc) is 3.34. The molecule has 25 heavy (non-hydrogen) atoms. The molecule has 1 heterocycles. The number of carbonyl (C=O) groups is 1. The number of nitrogens with one attached hydrogen (secondary N) is 2. The van der Waals surface area contributed by atoms with E-state index in [2.05, 4.69) is 22.5 Å². The fourth-order valence-electron chi connectivity index (χ4n) is 3.12. The molecule has 2 atom stereocenters. The number of guanidine groups is 1. The molecule has 0 spiro atoms. The fraction of sp³-hybridized carbons (Fsp3) is 0.579. The Morgan fingerprint density at radius 3 is 2.40 bits per heavy atom. The highest BCUT2D eigenvalue weighted by molar-refractivity contribution is 14.0. The molecule has 1 amide bonds. The summed E-state index contributed by atoms with van der Waals surface area (Å²) in [7, 11) is 1.79. The van der Waals surface area contributed by atoms with Crippen LogP contribution in [0.3, 0.4) is 0 Å². The molecule has 1 saturated heterocycles. The standard InChI is InChI=1S/C19H28N4O.HI/c1-14-12-17(14)22-19(20-2)21-13-15-6-8-16(9-7-15)18(24)23-10-4-3-5-11-23;/h6-9,14,17H,3-5,10-13H2,1-2H3,(H2,20,21,22);1H. The second-order valence-corrected chi connectivity index (χ2v) is 6.94. The highest BCUT2D eigenvalue weighted by Gasteiger charge is 2.33. The number of rotatable bonds is 4. The number of hydrogen-bond donors (Lipinski definition) is 2. The number of piperidine rings is 1. The van der Waals surface area contributed by atoms with E-state index in [9.17, 15) is 4.79 Å². The predicted molar refractivity (Wildman–Crippen MR) is 113 cm³/mol. The Morgan fingerprint density at radius 2 is 1.84 bits per heavy atom. The average molecular weight is 456 g/mol. The number of amides is 1. The van der Waals surface area contributed by atoms with Crippen LogP contribution in [0.4, 0.5) is 0 Å². The molecule has 5 nitrogen and oxygen atoms in total. The Labute approximate surface area is 167 Å². The van der Waals surface area contributed by atoms with Crippen molar-refractivity contribution in [3.05, 3.63) is 35.4 Å². The van der Waals surface area contributed by atoms with Crippen molar-refractivity contribution in [1.29, 1.82) is 0 Å². The van der Waals surface area contributed by atoms with Crippen LogP contribution in [0.5, 0.6) is 0 Å². The molecular weight excluding hydrogens is 427 g/mol. The third-order valence-electron chi connectivity index (χ3n) is 4.96. The van der Waals surface area contributed by atoms with E-state index in [1.807, 2.05) is 29.2 Å². The van der Waals surface area contributed by atoms with Gasteiger partial charge in [-0.05, 0) is 49.3 Å². The lowest BCUT2D eigenvalue weighted by molar-refractivity contribution is 0.0724. The summed E-state index contributed by atoms with van der Waals surface area (Å²) in [6.45, 7) is 4.73. The van der Waals surface area contributed by atoms with Crippen LogP contribution in [-0.4, -0.2) is 42.9 Å². The zero-order valence-electron chi connectivity index (χ0n) is 15.1. The van der Waals surface area contributed by atoms with Gasteiger partial charge in [-0.3, -0.25) is 9.79 Å². The summed E-state index contributed by atoms with van der Waals surface area (Å²) < 4.78 is 0. The molecule has 3 rings (SSSR count). The number of likely N-dealkylation sites (tertiary alicyclic amines) is 1. The lowest BCUT2D eigenvalue weighted by Gasteiger charge is -2.26. The van der Waals surface area contributed by atoms with E-state index in [1.54, 1.807) is 7.05 Å². The monoisotopic (exact) mass is 456 g/mol.